The summed E-state index contributed by atoms with van der Waals surface area (Å²) >= 11 is 0. The molecule has 0 bridgehead atoms. The first-order valence-electron chi connectivity index (χ1n) is 8.03. The summed E-state index contributed by atoms with van der Waals surface area (Å²) in [5.41, 5.74) is 0.263. The molecule has 9 heteroatoms. The van der Waals surface area contributed by atoms with Gasteiger partial charge in [-0.25, -0.2) is 18.4 Å². The topological polar surface area (TPSA) is 81.8 Å². The average molecular weight is 352 g/mol. The van der Waals surface area contributed by atoms with E-state index in [0.29, 0.717) is 0 Å². The van der Waals surface area contributed by atoms with Crippen LogP contribution in [-0.2, 0) is 4.79 Å². The molecule has 3 atom stereocenters. The third kappa shape index (κ3) is 2.69. The number of fused-ring (bicyclic) bond motifs is 1. The van der Waals surface area contributed by atoms with Gasteiger partial charge in [0.1, 0.15) is 12.1 Å². The monoisotopic (exact) mass is 352 g/mol. The lowest BCUT2D eigenvalue weighted by Gasteiger charge is -2.49. The van der Waals surface area contributed by atoms with E-state index in [1.807, 2.05) is 0 Å². The molecule has 0 saturated carbocycles. The van der Waals surface area contributed by atoms with E-state index < -0.39 is 47.7 Å². The zero-order valence-electron chi connectivity index (χ0n) is 13.8. The van der Waals surface area contributed by atoms with Crippen molar-refractivity contribution in [1.29, 1.82) is 0 Å². The third-order valence-corrected chi connectivity index (χ3v) is 4.59. The fourth-order valence-corrected chi connectivity index (χ4v) is 3.40. The number of carbonyl (C=O) groups excluding carboxylic acids is 3. The van der Waals surface area contributed by atoms with Gasteiger partial charge in [-0.15, -0.1) is 0 Å². The van der Waals surface area contributed by atoms with Gasteiger partial charge in [0.25, 0.3) is 0 Å². The highest BCUT2D eigenvalue weighted by molar-refractivity contribution is 6.00. The summed E-state index contributed by atoms with van der Waals surface area (Å²) < 4.78 is 26.9. The van der Waals surface area contributed by atoms with E-state index in [-0.39, 0.29) is 18.7 Å². The molecule has 7 nitrogen and oxygen atoms in total. The number of nitrogens with one attached hydrogen (secondary N) is 2. The van der Waals surface area contributed by atoms with Crippen LogP contribution in [0.4, 0.5) is 18.4 Å². The second-order valence-electron chi connectivity index (χ2n) is 5.89. The molecule has 5 amide bonds. The molecular weight excluding hydrogens is 334 g/mol. The van der Waals surface area contributed by atoms with Gasteiger partial charge in [-0.05, 0) is 31.5 Å². The second kappa shape index (κ2) is 6.30. The number of imide groups is 1. The minimum absolute atomic E-state index is 0.176. The van der Waals surface area contributed by atoms with Gasteiger partial charge in [0.05, 0.1) is 6.04 Å². The van der Waals surface area contributed by atoms with Crippen LogP contribution in [0.2, 0.25) is 0 Å². The minimum atomic E-state index is -1.07. The molecule has 2 N–H and O–H groups in total. The van der Waals surface area contributed by atoms with Gasteiger partial charge >= 0.3 is 12.1 Å². The molecule has 0 aromatic heterocycles. The number of hydrogen-bond donors (Lipinski definition) is 2. The van der Waals surface area contributed by atoms with Gasteiger partial charge in [0.2, 0.25) is 5.91 Å². The van der Waals surface area contributed by atoms with Gasteiger partial charge in [-0.2, -0.15) is 0 Å². The number of halogens is 2. The average Bonchev–Trinajstić information content (AvgIpc) is 2.57. The lowest BCUT2D eigenvalue weighted by atomic mass is 9.85. The number of amides is 5. The largest absolute Gasteiger partial charge is 0.330 e. The van der Waals surface area contributed by atoms with Crippen LogP contribution in [0.15, 0.2) is 18.2 Å². The Morgan fingerprint density at radius 2 is 1.76 bits per heavy atom. The smallest absolute Gasteiger partial charge is 0.328 e. The highest BCUT2D eigenvalue weighted by Gasteiger charge is 2.52. The molecule has 25 heavy (non-hydrogen) atoms. The molecule has 134 valence electrons. The van der Waals surface area contributed by atoms with E-state index in [2.05, 4.69) is 10.6 Å². The maximum Gasteiger partial charge on any atom is 0.328 e. The van der Waals surface area contributed by atoms with Gasteiger partial charge in [0.15, 0.2) is 11.6 Å². The molecule has 2 saturated heterocycles. The van der Waals surface area contributed by atoms with Crippen molar-refractivity contribution in [2.24, 2.45) is 5.92 Å². The van der Waals surface area contributed by atoms with Crippen molar-refractivity contribution in [2.45, 2.75) is 26.1 Å². The van der Waals surface area contributed by atoms with Crippen molar-refractivity contribution in [1.82, 2.24) is 20.4 Å². The first kappa shape index (κ1) is 17.1. The van der Waals surface area contributed by atoms with Gasteiger partial charge in [-0.1, -0.05) is 6.07 Å². The van der Waals surface area contributed by atoms with Crippen LogP contribution >= 0.6 is 0 Å². The summed E-state index contributed by atoms with van der Waals surface area (Å²) in [7, 11) is 0. The SMILES string of the molecule is CCN1C(=O)C2C(c3ccc(F)c(F)c3)NC(=O)NC2N(CC)C1=O. The molecule has 2 fully saturated rings. The van der Waals surface area contributed by atoms with Crippen LogP contribution in [0.25, 0.3) is 0 Å². The Bertz CT molecular complexity index is 742. The van der Waals surface area contributed by atoms with Crippen molar-refractivity contribution in [3.8, 4) is 0 Å². The predicted octanol–water partition coefficient (Wildman–Crippen LogP) is 1.56. The Labute approximate surface area is 143 Å². The first-order valence-corrected chi connectivity index (χ1v) is 8.03. The molecular formula is C16H18F2N4O3. The summed E-state index contributed by atoms with van der Waals surface area (Å²) in [6.45, 7) is 3.87. The number of nitrogens with zero attached hydrogens (tertiary/aromatic N) is 2. The lowest BCUT2D eigenvalue weighted by Crippen LogP contribution is -2.72. The molecule has 2 aliphatic rings. The van der Waals surface area contributed by atoms with E-state index in [0.717, 1.165) is 17.0 Å². The maximum absolute atomic E-state index is 13.6. The minimum Gasteiger partial charge on any atom is -0.330 e. The number of rotatable bonds is 3. The predicted molar refractivity (Wildman–Crippen MR) is 83.2 cm³/mol. The zero-order valence-corrected chi connectivity index (χ0v) is 13.8. The second-order valence-corrected chi connectivity index (χ2v) is 5.89. The molecule has 0 spiro atoms. The molecule has 2 aliphatic heterocycles. The zero-order chi connectivity index (χ0) is 18.3. The van der Waals surface area contributed by atoms with E-state index >= 15 is 0 Å². The third-order valence-electron chi connectivity index (χ3n) is 4.59. The first-order chi connectivity index (χ1) is 11.9. The summed E-state index contributed by atoms with van der Waals surface area (Å²) in [6.07, 6.45) is -0.848. The van der Waals surface area contributed by atoms with Gasteiger partial charge in [-0.3, -0.25) is 9.69 Å². The molecule has 2 heterocycles. The van der Waals surface area contributed by atoms with E-state index in [9.17, 15) is 23.2 Å². The lowest BCUT2D eigenvalue weighted by molar-refractivity contribution is -0.141. The quantitative estimate of drug-likeness (QED) is 0.866. The summed E-state index contributed by atoms with van der Waals surface area (Å²) in [4.78, 5) is 39.8. The summed E-state index contributed by atoms with van der Waals surface area (Å²) in [5, 5.41) is 5.18. The fourth-order valence-electron chi connectivity index (χ4n) is 3.40. The van der Waals surface area contributed by atoms with Crippen LogP contribution in [0.1, 0.15) is 25.5 Å². The fraction of sp³-hybridized carbons (Fsp3) is 0.438. The number of hydrogen-bond acceptors (Lipinski definition) is 3. The van der Waals surface area contributed by atoms with Crippen LogP contribution in [0.3, 0.4) is 0 Å². The Hall–Kier alpha value is -2.71. The molecule has 0 aliphatic carbocycles. The highest BCUT2D eigenvalue weighted by atomic mass is 19.2. The number of carbonyl (C=O) groups is 3. The Morgan fingerprint density at radius 1 is 1.04 bits per heavy atom. The van der Waals surface area contributed by atoms with Crippen molar-refractivity contribution < 1.29 is 23.2 Å². The van der Waals surface area contributed by atoms with Gasteiger partial charge < -0.3 is 15.5 Å². The van der Waals surface area contributed by atoms with Crippen molar-refractivity contribution in [3.05, 3.63) is 35.4 Å². The Morgan fingerprint density at radius 3 is 2.36 bits per heavy atom. The van der Waals surface area contributed by atoms with E-state index in [4.69, 9.17) is 0 Å². The van der Waals surface area contributed by atoms with E-state index in [1.54, 1.807) is 13.8 Å². The molecule has 1 aromatic rings. The standard InChI is InChI=1S/C16H18F2N4O3/c1-3-21-13-11(14(23)22(4-2)16(21)25)12(19-15(24)20-13)8-5-6-9(17)10(18)7-8/h5-7,11-13H,3-4H2,1-2H3,(H2,19,20,24). The van der Waals surface area contributed by atoms with Gasteiger partial charge in [0, 0.05) is 13.1 Å². The molecule has 3 rings (SSSR count). The van der Waals surface area contributed by atoms with Crippen LogP contribution < -0.4 is 10.6 Å². The van der Waals surface area contributed by atoms with Crippen molar-refractivity contribution >= 4 is 18.0 Å². The Kier molecular flexibility index (Phi) is 4.32. The molecule has 0 radical (unpaired) electrons. The maximum atomic E-state index is 13.6. The summed E-state index contributed by atoms with van der Waals surface area (Å²) in [6, 6.07) is 1.28. The molecule has 3 unspecified atom stereocenters. The van der Waals surface area contributed by atoms with E-state index in [1.165, 1.54) is 11.0 Å². The van der Waals surface area contributed by atoms with Crippen LogP contribution in [0, 0.1) is 17.6 Å². The molecule has 1 aromatic carbocycles. The van der Waals surface area contributed by atoms with Crippen molar-refractivity contribution in [2.75, 3.05) is 13.1 Å². The van der Waals surface area contributed by atoms with Crippen LogP contribution in [0.5, 0.6) is 0 Å². The normalized spacial score (nSPS) is 26.2. The number of benzene rings is 1. The van der Waals surface area contributed by atoms with Crippen LogP contribution in [-0.4, -0.2) is 47.0 Å². The number of urea groups is 2. The highest BCUT2D eigenvalue weighted by Crippen LogP contribution is 2.35. The summed E-state index contributed by atoms with van der Waals surface area (Å²) in [5.74, 6) is -3.40. The Balaban J connectivity index is 2.06. The van der Waals surface area contributed by atoms with Crippen molar-refractivity contribution in [3.63, 3.8) is 0 Å².